The van der Waals surface area contributed by atoms with E-state index in [9.17, 15) is 14.4 Å². The number of hydrogen-bond acceptors (Lipinski definition) is 6. The second-order valence-corrected chi connectivity index (χ2v) is 20.3. The maximum Gasteiger partial charge on any atom is 0.306 e. The van der Waals surface area contributed by atoms with Crippen molar-refractivity contribution in [2.24, 2.45) is 0 Å². The molecule has 6 heteroatoms. The third kappa shape index (κ3) is 54.6. The number of esters is 3. The molecule has 0 radical (unpaired) electrons. The fraction of sp³-hybridized carbons (Fsp3) is 0.855. The number of allylic oxidation sites excluding steroid dienone is 6. The van der Waals surface area contributed by atoms with Gasteiger partial charge in [0.1, 0.15) is 13.2 Å². The molecule has 6 nitrogen and oxygen atoms in total. The second-order valence-electron chi connectivity index (χ2n) is 20.3. The minimum absolute atomic E-state index is 0.0734. The summed E-state index contributed by atoms with van der Waals surface area (Å²) in [5.41, 5.74) is 0. The van der Waals surface area contributed by atoms with Crippen LogP contribution in [-0.2, 0) is 28.6 Å². The van der Waals surface area contributed by atoms with Gasteiger partial charge in [-0.25, -0.2) is 0 Å². The predicted molar refractivity (Wildman–Crippen MR) is 293 cm³/mol. The van der Waals surface area contributed by atoms with Crippen LogP contribution in [0.5, 0.6) is 0 Å². The van der Waals surface area contributed by atoms with Crippen molar-refractivity contribution >= 4 is 17.9 Å². The molecule has 0 bridgehead atoms. The summed E-state index contributed by atoms with van der Waals surface area (Å²) < 4.78 is 16.8. The Balaban J connectivity index is 4.16. The van der Waals surface area contributed by atoms with Crippen LogP contribution in [0.4, 0.5) is 0 Å². The second kappa shape index (κ2) is 57.2. The predicted octanol–water partition coefficient (Wildman–Crippen LogP) is 20.0. The van der Waals surface area contributed by atoms with Gasteiger partial charge in [0, 0.05) is 19.3 Å². The van der Waals surface area contributed by atoms with Crippen LogP contribution in [0.2, 0.25) is 0 Å². The van der Waals surface area contributed by atoms with E-state index in [1.165, 1.54) is 205 Å². The molecule has 398 valence electrons. The van der Waals surface area contributed by atoms with Crippen LogP contribution in [0, 0.1) is 0 Å². The molecule has 0 N–H and O–H groups in total. The molecule has 0 aromatic carbocycles. The average Bonchev–Trinajstić information content (AvgIpc) is 3.34. The first kappa shape index (κ1) is 65.6. The Labute approximate surface area is 423 Å². The molecule has 0 amide bonds. The number of unbranched alkanes of at least 4 members (excludes halogenated alkanes) is 38. The van der Waals surface area contributed by atoms with Gasteiger partial charge in [0.2, 0.25) is 0 Å². The third-order valence-corrected chi connectivity index (χ3v) is 13.4. The highest BCUT2D eigenvalue weighted by molar-refractivity contribution is 5.71. The first-order valence-electron chi connectivity index (χ1n) is 30.0. The fourth-order valence-corrected chi connectivity index (χ4v) is 8.86. The van der Waals surface area contributed by atoms with Crippen molar-refractivity contribution in [2.75, 3.05) is 13.2 Å². The van der Waals surface area contributed by atoms with Crippen LogP contribution in [0.1, 0.15) is 323 Å². The van der Waals surface area contributed by atoms with Gasteiger partial charge in [-0.3, -0.25) is 14.4 Å². The Kier molecular flexibility index (Phi) is 55.2. The van der Waals surface area contributed by atoms with Crippen molar-refractivity contribution in [3.63, 3.8) is 0 Å². The highest BCUT2D eigenvalue weighted by Gasteiger charge is 2.19. The summed E-state index contributed by atoms with van der Waals surface area (Å²) in [6, 6.07) is 0. The lowest BCUT2D eigenvalue weighted by Gasteiger charge is -2.18. The lowest BCUT2D eigenvalue weighted by molar-refractivity contribution is -0.167. The van der Waals surface area contributed by atoms with Gasteiger partial charge in [0.15, 0.2) is 6.10 Å². The van der Waals surface area contributed by atoms with Gasteiger partial charge in [-0.2, -0.15) is 0 Å². The molecule has 1 atom stereocenters. The summed E-state index contributed by atoms with van der Waals surface area (Å²) in [5, 5.41) is 0. The Morgan fingerprint density at radius 2 is 0.529 bits per heavy atom. The van der Waals surface area contributed by atoms with Crippen LogP contribution in [0.3, 0.4) is 0 Å². The third-order valence-electron chi connectivity index (χ3n) is 13.4. The lowest BCUT2D eigenvalue weighted by Crippen LogP contribution is -2.30. The topological polar surface area (TPSA) is 78.9 Å². The summed E-state index contributed by atoms with van der Waals surface area (Å²) >= 11 is 0. The Morgan fingerprint density at radius 3 is 0.824 bits per heavy atom. The molecular weight excluding hydrogens is 841 g/mol. The zero-order valence-corrected chi connectivity index (χ0v) is 45.6. The van der Waals surface area contributed by atoms with E-state index in [2.05, 4.69) is 57.2 Å². The molecule has 0 aromatic heterocycles. The van der Waals surface area contributed by atoms with Crippen molar-refractivity contribution in [1.82, 2.24) is 0 Å². The standard InChI is InChI=1S/C62H114O6/c1-4-7-10-13-16-18-20-22-24-26-28-30-32-33-35-37-39-41-43-46-49-52-55-61(64)67-58-59(57-66-60(63)54-51-48-45-15-12-9-6-3)68-62(65)56-53-50-47-44-42-40-38-36-34-31-29-27-25-23-21-19-17-14-11-8-5-2/h21,23,27,29,34,36,59H,4-20,22,24-26,28,30-33,35,37-58H2,1-3H3/b23-21-,29-27-,36-34-. The highest BCUT2D eigenvalue weighted by atomic mass is 16.6. The first-order valence-corrected chi connectivity index (χ1v) is 30.0. The number of rotatable bonds is 55. The van der Waals surface area contributed by atoms with Crippen LogP contribution in [0.25, 0.3) is 0 Å². The van der Waals surface area contributed by atoms with Crippen molar-refractivity contribution in [3.8, 4) is 0 Å². The molecule has 0 spiro atoms. The van der Waals surface area contributed by atoms with Gasteiger partial charge in [-0.05, 0) is 57.8 Å². The maximum absolute atomic E-state index is 12.8. The number of ether oxygens (including phenoxy) is 3. The Bertz CT molecular complexity index is 1140. The molecule has 68 heavy (non-hydrogen) atoms. The van der Waals surface area contributed by atoms with Crippen LogP contribution in [0.15, 0.2) is 36.5 Å². The van der Waals surface area contributed by atoms with E-state index in [4.69, 9.17) is 14.2 Å². The van der Waals surface area contributed by atoms with E-state index in [-0.39, 0.29) is 31.1 Å². The van der Waals surface area contributed by atoms with Crippen molar-refractivity contribution in [2.45, 2.75) is 329 Å². The normalized spacial score (nSPS) is 12.2. The largest absolute Gasteiger partial charge is 0.462 e. The molecule has 0 aromatic rings. The molecule has 0 rings (SSSR count). The molecule has 1 unspecified atom stereocenters. The molecular formula is C62H114O6. The summed E-state index contributed by atoms with van der Waals surface area (Å²) in [7, 11) is 0. The van der Waals surface area contributed by atoms with E-state index in [0.29, 0.717) is 19.3 Å². The fourth-order valence-electron chi connectivity index (χ4n) is 8.86. The molecule has 0 fully saturated rings. The summed E-state index contributed by atoms with van der Waals surface area (Å²) in [6.45, 7) is 6.62. The molecule has 0 aliphatic carbocycles. The van der Waals surface area contributed by atoms with E-state index in [1.807, 2.05) is 0 Å². The average molecular weight is 956 g/mol. The van der Waals surface area contributed by atoms with E-state index >= 15 is 0 Å². The van der Waals surface area contributed by atoms with Gasteiger partial charge in [0.25, 0.3) is 0 Å². The Hall–Kier alpha value is -2.37. The van der Waals surface area contributed by atoms with Gasteiger partial charge in [0.05, 0.1) is 0 Å². The molecule has 0 saturated heterocycles. The van der Waals surface area contributed by atoms with Crippen molar-refractivity contribution < 1.29 is 28.6 Å². The number of hydrogen-bond donors (Lipinski definition) is 0. The summed E-state index contributed by atoms with van der Waals surface area (Å²) in [6.07, 6.45) is 68.8. The van der Waals surface area contributed by atoms with Crippen molar-refractivity contribution in [3.05, 3.63) is 36.5 Å². The van der Waals surface area contributed by atoms with Crippen LogP contribution in [-0.4, -0.2) is 37.2 Å². The number of carbonyl (C=O) groups is 3. The van der Waals surface area contributed by atoms with Gasteiger partial charge >= 0.3 is 17.9 Å². The molecule has 0 saturated carbocycles. The molecule has 0 heterocycles. The SMILES string of the molecule is CCCCCCC/C=C\C/C=C\C/C=C\CCCCCCCCC(=O)OC(COC(=O)CCCCCCCCC)COC(=O)CCCCCCCCCCCCCCCCCCCCCCCC. The minimum atomic E-state index is -0.774. The lowest BCUT2D eigenvalue weighted by atomic mass is 10.0. The smallest absolute Gasteiger partial charge is 0.306 e. The van der Waals surface area contributed by atoms with Gasteiger partial charge < -0.3 is 14.2 Å². The molecule has 0 aliphatic heterocycles. The summed E-state index contributed by atoms with van der Waals surface area (Å²) in [5.74, 6) is -0.875. The van der Waals surface area contributed by atoms with Gasteiger partial charge in [-0.1, -0.05) is 282 Å². The van der Waals surface area contributed by atoms with Crippen LogP contribution < -0.4 is 0 Å². The van der Waals surface area contributed by atoms with Gasteiger partial charge in [-0.15, -0.1) is 0 Å². The Morgan fingerprint density at radius 1 is 0.294 bits per heavy atom. The van der Waals surface area contributed by atoms with E-state index in [1.54, 1.807) is 0 Å². The number of carbonyl (C=O) groups excluding carboxylic acids is 3. The van der Waals surface area contributed by atoms with E-state index < -0.39 is 6.10 Å². The maximum atomic E-state index is 12.8. The zero-order valence-electron chi connectivity index (χ0n) is 45.6. The quantitative estimate of drug-likeness (QED) is 0.0262. The van der Waals surface area contributed by atoms with Crippen molar-refractivity contribution in [1.29, 1.82) is 0 Å². The minimum Gasteiger partial charge on any atom is -0.462 e. The van der Waals surface area contributed by atoms with Crippen LogP contribution >= 0.6 is 0 Å². The highest BCUT2D eigenvalue weighted by Crippen LogP contribution is 2.17. The first-order chi connectivity index (χ1) is 33.5. The van der Waals surface area contributed by atoms with E-state index in [0.717, 1.165) is 77.0 Å². The molecule has 0 aliphatic rings. The zero-order chi connectivity index (χ0) is 49.3. The monoisotopic (exact) mass is 955 g/mol. The summed E-state index contributed by atoms with van der Waals surface area (Å²) in [4.78, 5) is 38.0.